The molecule has 0 saturated heterocycles. The Morgan fingerprint density at radius 3 is 2.03 bits per heavy atom. The molecule has 2 aromatic heterocycles. The second-order valence-electron chi connectivity index (χ2n) is 16.9. The fourth-order valence-corrected chi connectivity index (χ4v) is 10.7. The average molecular weight is 810 g/mol. The Bertz CT molecular complexity index is 3400. The van der Waals surface area contributed by atoms with E-state index in [2.05, 4.69) is 170 Å². The molecule has 0 saturated carbocycles. The van der Waals surface area contributed by atoms with Gasteiger partial charge in [-0.3, -0.25) is 0 Å². The lowest BCUT2D eigenvalue weighted by molar-refractivity contribution is 0.374. The Balaban J connectivity index is 0.914. The van der Waals surface area contributed by atoms with Crippen molar-refractivity contribution in [1.82, 2.24) is 15.0 Å². The van der Waals surface area contributed by atoms with E-state index in [0.29, 0.717) is 17.5 Å². The van der Waals surface area contributed by atoms with Crippen molar-refractivity contribution >= 4 is 17.0 Å². The summed E-state index contributed by atoms with van der Waals surface area (Å²) < 4.78 is 13.2. The molecule has 4 aliphatic rings. The van der Waals surface area contributed by atoms with Crippen LogP contribution in [0.1, 0.15) is 45.9 Å². The number of nitrogens with zero attached hydrogens (tertiary/aromatic N) is 3. The molecule has 0 fully saturated rings. The van der Waals surface area contributed by atoms with Gasteiger partial charge in [0.1, 0.15) is 22.8 Å². The molecule has 0 radical (unpaired) electrons. The lowest BCUT2D eigenvalue weighted by atomic mass is 9.61. The molecule has 3 atom stereocenters. The van der Waals surface area contributed by atoms with Crippen LogP contribution in [0.5, 0.6) is 11.5 Å². The Kier molecular flexibility index (Phi) is 8.01. The number of ether oxygens (including phenoxy) is 1. The van der Waals surface area contributed by atoms with E-state index in [1.807, 2.05) is 30.3 Å². The second kappa shape index (κ2) is 14.1. The highest BCUT2D eigenvalue weighted by atomic mass is 16.5. The second-order valence-corrected chi connectivity index (χ2v) is 16.9. The summed E-state index contributed by atoms with van der Waals surface area (Å²) in [7, 11) is 0. The van der Waals surface area contributed by atoms with E-state index in [1.165, 1.54) is 27.8 Å². The van der Waals surface area contributed by atoms with Crippen molar-refractivity contribution in [2.75, 3.05) is 0 Å². The maximum absolute atomic E-state index is 6.75. The third-order valence-corrected chi connectivity index (χ3v) is 13.5. The Morgan fingerprint density at radius 2 is 1.16 bits per heavy atom. The first-order valence-corrected chi connectivity index (χ1v) is 21.8. The largest absolute Gasteiger partial charge is 0.460 e. The van der Waals surface area contributed by atoms with Crippen LogP contribution in [0.3, 0.4) is 0 Å². The molecule has 0 amide bonds. The van der Waals surface area contributed by atoms with Gasteiger partial charge in [0.2, 0.25) is 0 Å². The molecule has 7 aromatic carbocycles. The van der Waals surface area contributed by atoms with Gasteiger partial charge >= 0.3 is 0 Å². The lowest BCUT2D eigenvalue weighted by Crippen LogP contribution is -2.37. The zero-order valence-electron chi connectivity index (χ0n) is 34.3. The van der Waals surface area contributed by atoms with Crippen LogP contribution in [-0.2, 0) is 11.8 Å². The van der Waals surface area contributed by atoms with Crippen LogP contribution < -0.4 is 4.74 Å². The van der Waals surface area contributed by atoms with Gasteiger partial charge in [-0.15, -0.1) is 0 Å². The smallest absolute Gasteiger partial charge is 0.164 e. The monoisotopic (exact) mass is 809 g/mol. The van der Waals surface area contributed by atoms with E-state index in [-0.39, 0.29) is 11.8 Å². The summed E-state index contributed by atoms with van der Waals surface area (Å²) >= 11 is 0. The molecule has 13 rings (SSSR count). The molecule has 0 N–H and O–H groups in total. The van der Waals surface area contributed by atoms with Crippen LogP contribution in [0.25, 0.3) is 73.5 Å². The van der Waals surface area contributed by atoms with E-state index in [4.69, 9.17) is 24.1 Å². The number of rotatable bonds is 5. The molecule has 1 spiro atoms. The van der Waals surface area contributed by atoms with Crippen molar-refractivity contribution in [1.29, 1.82) is 0 Å². The maximum atomic E-state index is 6.75. The Morgan fingerprint density at radius 1 is 0.508 bits per heavy atom. The van der Waals surface area contributed by atoms with Crippen molar-refractivity contribution in [3.05, 3.63) is 228 Å². The molecular formula is C58H39N3O2. The molecule has 1 aliphatic heterocycles. The first kappa shape index (κ1) is 35.8. The molecule has 9 aromatic rings. The van der Waals surface area contributed by atoms with Gasteiger partial charge in [0.25, 0.3) is 0 Å². The van der Waals surface area contributed by atoms with Gasteiger partial charge in [0.05, 0.1) is 5.41 Å². The first-order chi connectivity index (χ1) is 31.2. The van der Waals surface area contributed by atoms with Crippen LogP contribution in [-0.4, -0.2) is 15.0 Å². The molecule has 3 unspecified atom stereocenters. The molecule has 5 heteroatoms. The number of para-hydroxylation sites is 2. The molecule has 63 heavy (non-hydrogen) atoms. The van der Waals surface area contributed by atoms with Crippen LogP contribution in [0, 0.1) is 5.92 Å². The van der Waals surface area contributed by atoms with Gasteiger partial charge in [0.15, 0.2) is 17.5 Å². The van der Waals surface area contributed by atoms with Gasteiger partial charge in [-0.05, 0) is 58.5 Å². The number of furan rings is 1. The number of hydrogen-bond donors (Lipinski definition) is 0. The Hall–Kier alpha value is -7.89. The number of allylic oxidation sites excluding steroid dienone is 5. The predicted molar refractivity (Wildman–Crippen MR) is 251 cm³/mol. The summed E-state index contributed by atoms with van der Waals surface area (Å²) in [6, 6.07) is 57.9. The van der Waals surface area contributed by atoms with Crippen molar-refractivity contribution in [3.8, 4) is 67.9 Å². The maximum Gasteiger partial charge on any atom is 0.164 e. The van der Waals surface area contributed by atoms with Crippen molar-refractivity contribution in [2.45, 2.75) is 24.2 Å². The number of hydrogen-bond acceptors (Lipinski definition) is 5. The van der Waals surface area contributed by atoms with E-state index in [9.17, 15) is 0 Å². The highest BCUT2D eigenvalue weighted by molar-refractivity contribution is 5.98. The Labute approximate surface area is 365 Å². The third kappa shape index (κ3) is 5.52. The van der Waals surface area contributed by atoms with E-state index in [1.54, 1.807) is 0 Å². The van der Waals surface area contributed by atoms with Crippen LogP contribution in [0.15, 0.2) is 199 Å². The fraction of sp³-hybridized carbons (Fsp3) is 0.0862. The highest BCUT2D eigenvalue weighted by Crippen LogP contribution is 2.64. The molecular weight excluding hydrogens is 771 g/mol. The molecule has 298 valence electrons. The van der Waals surface area contributed by atoms with Crippen molar-refractivity contribution in [3.63, 3.8) is 0 Å². The summed E-state index contributed by atoms with van der Waals surface area (Å²) in [5.74, 6) is 5.18. The summed E-state index contributed by atoms with van der Waals surface area (Å²) in [6.07, 6.45) is 15.5. The van der Waals surface area contributed by atoms with E-state index >= 15 is 0 Å². The molecule has 3 aliphatic carbocycles. The minimum Gasteiger partial charge on any atom is -0.460 e. The fourth-order valence-electron chi connectivity index (χ4n) is 10.7. The number of benzene rings is 7. The zero-order chi connectivity index (χ0) is 41.5. The number of aryl methyl sites for hydroxylation is 1. The minimum absolute atomic E-state index is 0.195. The van der Waals surface area contributed by atoms with Gasteiger partial charge in [-0.1, -0.05) is 176 Å². The number of fused-ring (bicyclic) bond motifs is 12. The van der Waals surface area contributed by atoms with Gasteiger partial charge in [-0.2, -0.15) is 0 Å². The van der Waals surface area contributed by atoms with Crippen LogP contribution in [0.4, 0.5) is 0 Å². The topological polar surface area (TPSA) is 61.0 Å². The van der Waals surface area contributed by atoms with Crippen molar-refractivity contribution in [2.24, 2.45) is 5.92 Å². The standard InChI is InChI=1S/C58H39N3O2/c1-2-14-37(15-3-1)55-59-56(38-30-28-36(29-31-38)42-21-13-22-46-45-20-6-10-26-51(45)63-54(42)46)61-57(60-55)41-17-12-16-39(34-41)40-32-33-53-50(35-40)58(49-25-9-11-27-52(49)62-53)47-23-7-4-18-43(47)44-19-5-8-24-48(44)58/h1-9,11-25,27-35,43,47H,10,26H2. The zero-order valence-corrected chi connectivity index (χ0v) is 34.3. The third-order valence-electron chi connectivity index (χ3n) is 13.5. The van der Waals surface area contributed by atoms with Gasteiger partial charge in [-0.25, -0.2) is 15.0 Å². The number of aromatic nitrogens is 3. The van der Waals surface area contributed by atoms with E-state index < -0.39 is 5.41 Å². The first-order valence-electron chi connectivity index (χ1n) is 21.8. The molecule has 3 heterocycles. The lowest BCUT2D eigenvalue weighted by Gasteiger charge is -2.43. The normalized spacial score (nSPS) is 18.7. The SMILES string of the molecule is C1=CC2c3ccccc3C3(c4ccccc4Oc4ccc(-c5cccc(-c6nc(-c7ccccc7)nc(-c7ccc(-c8cccc9c%10c(oc89)CCC=C%10)cc7)n6)c5)cc43)C2C=C1. The summed E-state index contributed by atoms with van der Waals surface area (Å²) in [6.45, 7) is 0. The van der Waals surface area contributed by atoms with Gasteiger partial charge in [0, 0.05) is 62.6 Å². The summed E-state index contributed by atoms with van der Waals surface area (Å²) in [5, 5.41) is 1.16. The van der Waals surface area contributed by atoms with Gasteiger partial charge < -0.3 is 9.15 Å². The molecule has 0 bridgehead atoms. The summed E-state index contributed by atoms with van der Waals surface area (Å²) in [5.41, 5.74) is 13.9. The predicted octanol–water partition coefficient (Wildman–Crippen LogP) is 14.2. The average Bonchev–Trinajstić information content (AvgIpc) is 3.88. The quantitative estimate of drug-likeness (QED) is 0.173. The highest BCUT2D eigenvalue weighted by Gasteiger charge is 2.56. The van der Waals surface area contributed by atoms with Crippen LogP contribution >= 0.6 is 0 Å². The van der Waals surface area contributed by atoms with Crippen LogP contribution in [0.2, 0.25) is 0 Å². The molecule has 5 nitrogen and oxygen atoms in total. The minimum atomic E-state index is -0.426. The van der Waals surface area contributed by atoms with Crippen molar-refractivity contribution < 1.29 is 9.15 Å². The van der Waals surface area contributed by atoms with E-state index in [0.717, 1.165) is 80.0 Å². The summed E-state index contributed by atoms with van der Waals surface area (Å²) in [4.78, 5) is 15.3.